The van der Waals surface area contributed by atoms with E-state index in [2.05, 4.69) is 13.0 Å². The maximum atomic E-state index is 11.1. The predicted octanol–water partition coefficient (Wildman–Crippen LogP) is 2.96. The lowest BCUT2D eigenvalue weighted by Gasteiger charge is -2.03. The highest BCUT2D eigenvalue weighted by molar-refractivity contribution is 5.80. The SMILES string of the molecule is C/C=C(/C)CCC(=O)C(C)C. The van der Waals surface area contributed by atoms with Gasteiger partial charge in [-0.25, -0.2) is 0 Å². The Labute approximate surface area is 69.5 Å². The number of hydrogen-bond donors (Lipinski definition) is 0. The van der Waals surface area contributed by atoms with Gasteiger partial charge < -0.3 is 0 Å². The smallest absolute Gasteiger partial charge is 0.135 e. The van der Waals surface area contributed by atoms with Gasteiger partial charge in [0.2, 0.25) is 0 Å². The molecule has 0 radical (unpaired) electrons. The lowest BCUT2D eigenvalue weighted by atomic mass is 10.0. The van der Waals surface area contributed by atoms with Crippen molar-refractivity contribution in [2.24, 2.45) is 5.92 Å². The number of hydrogen-bond acceptors (Lipinski definition) is 1. The van der Waals surface area contributed by atoms with Crippen LogP contribution in [0.25, 0.3) is 0 Å². The Hall–Kier alpha value is -0.590. The minimum absolute atomic E-state index is 0.194. The molecule has 0 aliphatic rings. The highest BCUT2D eigenvalue weighted by Crippen LogP contribution is 2.07. The molecule has 1 nitrogen and oxygen atoms in total. The molecule has 0 fully saturated rings. The van der Waals surface area contributed by atoms with Crippen molar-refractivity contribution in [2.45, 2.75) is 40.5 Å². The van der Waals surface area contributed by atoms with Crippen LogP contribution in [0.4, 0.5) is 0 Å². The zero-order valence-electron chi connectivity index (χ0n) is 7.98. The van der Waals surface area contributed by atoms with E-state index in [1.807, 2.05) is 20.8 Å². The first-order valence-corrected chi connectivity index (χ1v) is 4.22. The third kappa shape index (κ3) is 4.77. The Kier molecular flexibility index (Phi) is 4.84. The van der Waals surface area contributed by atoms with E-state index < -0.39 is 0 Å². The van der Waals surface area contributed by atoms with Gasteiger partial charge in [0, 0.05) is 12.3 Å². The number of carbonyl (C=O) groups is 1. The zero-order chi connectivity index (χ0) is 8.85. The van der Waals surface area contributed by atoms with Gasteiger partial charge in [0.05, 0.1) is 0 Å². The fraction of sp³-hybridized carbons (Fsp3) is 0.700. The molecule has 0 amide bonds. The maximum absolute atomic E-state index is 11.1. The van der Waals surface area contributed by atoms with Crippen LogP contribution in [0, 0.1) is 5.92 Å². The van der Waals surface area contributed by atoms with Gasteiger partial charge in [-0.05, 0) is 20.3 Å². The molecule has 0 spiro atoms. The van der Waals surface area contributed by atoms with Crippen LogP contribution in [0.15, 0.2) is 11.6 Å². The van der Waals surface area contributed by atoms with Gasteiger partial charge in [-0.1, -0.05) is 25.5 Å². The molecule has 0 aromatic carbocycles. The van der Waals surface area contributed by atoms with Gasteiger partial charge in [0.1, 0.15) is 5.78 Å². The molecular weight excluding hydrogens is 136 g/mol. The topological polar surface area (TPSA) is 17.1 Å². The molecule has 64 valence electrons. The predicted molar refractivity (Wildman–Crippen MR) is 48.5 cm³/mol. The molecule has 0 rings (SSSR count). The van der Waals surface area contributed by atoms with Gasteiger partial charge in [-0.3, -0.25) is 4.79 Å². The van der Waals surface area contributed by atoms with Crippen molar-refractivity contribution in [3.8, 4) is 0 Å². The van der Waals surface area contributed by atoms with Crippen LogP contribution in [0.2, 0.25) is 0 Å². The molecule has 1 heteroatoms. The molecule has 0 saturated heterocycles. The van der Waals surface area contributed by atoms with Crippen molar-refractivity contribution in [1.82, 2.24) is 0 Å². The minimum Gasteiger partial charge on any atom is -0.299 e. The Balaban J connectivity index is 3.63. The van der Waals surface area contributed by atoms with Crippen molar-refractivity contribution in [3.63, 3.8) is 0 Å². The van der Waals surface area contributed by atoms with Gasteiger partial charge in [0.25, 0.3) is 0 Å². The van der Waals surface area contributed by atoms with Gasteiger partial charge in [-0.2, -0.15) is 0 Å². The van der Waals surface area contributed by atoms with E-state index in [4.69, 9.17) is 0 Å². The first-order valence-electron chi connectivity index (χ1n) is 4.22. The summed E-state index contributed by atoms with van der Waals surface area (Å²) in [6, 6.07) is 0. The van der Waals surface area contributed by atoms with Crippen LogP contribution in [0.3, 0.4) is 0 Å². The summed E-state index contributed by atoms with van der Waals surface area (Å²) in [5.74, 6) is 0.561. The number of carbonyl (C=O) groups excluding carboxylic acids is 1. The third-order valence-corrected chi connectivity index (χ3v) is 1.90. The summed E-state index contributed by atoms with van der Waals surface area (Å²) in [4.78, 5) is 11.1. The summed E-state index contributed by atoms with van der Waals surface area (Å²) in [6.07, 6.45) is 3.69. The molecule has 0 aliphatic heterocycles. The fourth-order valence-electron chi connectivity index (χ4n) is 0.753. The number of Topliss-reactive ketones (excluding diaryl/α,β-unsaturated/α-hetero) is 1. The molecule has 0 bridgehead atoms. The fourth-order valence-corrected chi connectivity index (χ4v) is 0.753. The van der Waals surface area contributed by atoms with Crippen LogP contribution < -0.4 is 0 Å². The van der Waals surface area contributed by atoms with Crippen molar-refractivity contribution in [3.05, 3.63) is 11.6 Å². The first kappa shape index (κ1) is 10.4. The van der Waals surface area contributed by atoms with Gasteiger partial charge in [-0.15, -0.1) is 0 Å². The quantitative estimate of drug-likeness (QED) is 0.569. The second-order valence-electron chi connectivity index (χ2n) is 3.26. The number of rotatable bonds is 4. The van der Waals surface area contributed by atoms with Crippen LogP contribution in [-0.4, -0.2) is 5.78 Å². The highest BCUT2D eigenvalue weighted by atomic mass is 16.1. The molecule has 0 saturated carbocycles. The normalized spacial score (nSPS) is 12.3. The van der Waals surface area contributed by atoms with E-state index in [-0.39, 0.29) is 5.92 Å². The Morgan fingerprint density at radius 3 is 2.27 bits per heavy atom. The molecule has 0 aliphatic carbocycles. The van der Waals surface area contributed by atoms with Crippen LogP contribution in [0.1, 0.15) is 40.5 Å². The summed E-state index contributed by atoms with van der Waals surface area (Å²) in [7, 11) is 0. The summed E-state index contributed by atoms with van der Waals surface area (Å²) < 4.78 is 0. The van der Waals surface area contributed by atoms with Crippen molar-refractivity contribution in [2.75, 3.05) is 0 Å². The standard InChI is InChI=1S/C10H18O/c1-5-9(4)6-7-10(11)8(2)3/h5,8H,6-7H2,1-4H3/b9-5-. The Bertz CT molecular complexity index is 154. The Morgan fingerprint density at radius 2 is 1.91 bits per heavy atom. The summed E-state index contributed by atoms with van der Waals surface area (Å²) >= 11 is 0. The molecule has 0 unspecified atom stereocenters. The lowest BCUT2D eigenvalue weighted by Crippen LogP contribution is -2.06. The maximum Gasteiger partial charge on any atom is 0.135 e. The van der Waals surface area contributed by atoms with Gasteiger partial charge >= 0.3 is 0 Å². The summed E-state index contributed by atoms with van der Waals surface area (Å²) in [6.45, 7) is 7.98. The van der Waals surface area contributed by atoms with Crippen LogP contribution >= 0.6 is 0 Å². The van der Waals surface area contributed by atoms with E-state index in [0.29, 0.717) is 12.2 Å². The van der Waals surface area contributed by atoms with E-state index in [1.54, 1.807) is 0 Å². The monoisotopic (exact) mass is 154 g/mol. The second kappa shape index (κ2) is 5.11. The average Bonchev–Trinajstić information content (AvgIpc) is 1.99. The molecule has 11 heavy (non-hydrogen) atoms. The summed E-state index contributed by atoms with van der Waals surface area (Å²) in [5, 5.41) is 0. The van der Waals surface area contributed by atoms with E-state index in [0.717, 1.165) is 6.42 Å². The van der Waals surface area contributed by atoms with Crippen molar-refractivity contribution >= 4 is 5.78 Å². The number of ketones is 1. The first-order chi connectivity index (χ1) is 5.07. The van der Waals surface area contributed by atoms with Crippen LogP contribution in [-0.2, 0) is 4.79 Å². The largest absolute Gasteiger partial charge is 0.299 e. The average molecular weight is 154 g/mol. The minimum atomic E-state index is 0.194. The second-order valence-corrected chi connectivity index (χ2v) is 3.26. The van der Waals surface area contributed by atoms with Crippen LogP contribution in [0.5, 0.6) is 0 Å². The highest BCUT2D eigenvalue weighted by Gasteiger charge is 2.05. The molecule has 0 atom stereocenters. The lowest BCUT2D eigenvalue weighted by molar-refractivity contribution is -0.121. The van der Waals surface area contributed by atoms with Crippen molar-refractivity contribution < 1.29 is 4.79 Å². The zero-order valence-corrected chi connectivity index (χ0v) is 7.98. The summed E-state index contributed by atoms with van der Waals surface area (Å²) in [5.41, 5.74) is 1.30. The van der Waals surface area contributed by atoms with E-state index in [1.165, 1.54) is 5.57 Å². The molecule has 0 heterocycles. The Morgan fingerprint density at radius 1 is 1.36 bits per heavy atom. The van der Waals surface area contributed by atoms with E-state index in [9.17, 15) is 4.79 Å². The van der Waals surface area contributed by atoms with Crippen molar-refractivity contribution in [1.29, 1.82) is 0 Å². The molecule has 0 aromatic rings. The molecule has 0 aromatic heterocycles. The molecule has 0 N–H and O–H groups in total. The van der Waals surface area contributed by atoms with E-state index >= 15 is 0 Å². The van der Waals surface area contributed by atoms with Gasteiger partial charge in [0.15, 0.2) is 0 Å². The third-order valence-electron chi connectivity index (χ3n) is 1.90. The number of allylic oxidation sites excluding steroid dienone is 2. The molecular formula is C10H18O.